The number of nitrogens with zero attached hydrogens (tertiary/aromatic N) is 4. The third-order valence-corrected chi connectivity index (χ3v) is 10.6. The summed E-state index contributed by atoms with van der Waals surface area (Å²) in [5, 5.41) is 9.85. The lowest BCUT2D eigenvalue weighted by Crippen LogP contribution is -2.74. The molecule has 2 aromatic heterocycles. The second-order valence-electron chi connectivity index (χ2n) is 14.0. The van der Waals surface area contributed by atoms with Gasteiger partial charge in [-0.1, -0.05) is 42.3 Å². The molecule has 5 aromatic rings. The summed E-state index contributed by atoms with van der Waals surface area (Å²) in [6.07, 6.45) is 9.82. The molecule has 0 radical (unpaired) electrons. The zero-order valence-corrected chi connectivity index (χ0v) is 27.9. The number of rotatable bonds is 10. The van der Waals surface area contributed by atoms with Crippen LogP contribution in [0.15, 0.2) is 71.4 Å². The Bertz CT molecular complexity index is 2040. The minimum Gasteiger partial charge on any atom is -0.488 e. The summed E-state index contributed by atoms with van der Waals surface area (Å²) >= 11 is 6.86. The maximum atomic E-state index is 9.31. The number of hydrogen-bond donors (Lipinski definition) is 1. The van der Waals surface area contributed by atoms with Gasteiger partial charge in [0.2, 0.25) is 5.89 Å². The Kier molecular flexibility index (Phi) is 7.87. The monoisotopic (exact) mass is 659 g/mol. The number of nitriles is 1. The van der Waals surface area contributed by atoms with Gasteiger partial charge in [0.25, 0.3) is 0 Å². The number of likely N-dealkylation sites (tertiary alicyclic amines) is 1. The molecule has 3 heterocycles. The van der Waals surface area contributed by atoms with Gasteiger partial charge >= 0.3 is 0 Å². The van der Waals surface area contributed by atoms with E-state index in [0.717, 1.165) is 89.3 Å². The largest absolute Gasteiger partial charge is 0.488 e. The van der Waals surface area contributed by atoms with Gasteiger partial charge in [0.1, 0.15) is 36.3 Å². The highest BCUT2D eigenvalue weighted by Gasteiger charge is 2.69. The first kappa shape index (κ1) is 30.9. The summed E-state index contributed by atoms with van der Waals surface area (Å²) in [5.41, 5.74) is 14.8. The van der Waals surface area contributed by atoms with E-state index in [0.29, 0.717) is 28.7 Å². The molecule has 1 aliphatic heterocycles. The number of ether oxygens (including phenoxy) is 2. The summed E-state index contributed by atoms with van der Waals surface area (Å²) in [4.78, 5) is 11.5. The number of hydrogen-bond acceptors (Lipinski definition) is 8. The number of benzene rings is 3. The van der Waals surface area contributed by atoms with Gasteiger partial charge in [0.05, 0.1) is 16.0 Å². The van der Waals surface area contributed by atoms with E-state index < -0.39 is 0 Å². The van der Waals surface area contributed by atoms with Gasteiger partial charge in [0, 0.05) is 41.7 Å². The lowest BCUT2D eigenvalue weighted by atomic mass is 9.40. The van der Waals surface area contributed by atoms with Crippen LogP contribution >= 0.6 is 11.6 Å². The zero-order chi connectivity index (χ0) is 32.9. The van der Waals surface area contributed by atoms with Crippen molar-refractivity contribution >= 4 is 22.7 Å². The molecule has 0 spiro atoms. The summed E-state index contributed by atoms with van der Waals surface area (Å²) in [5.74, 6) is 2.11. The Morgan fingerprint density at radius 2 is 1.77 bits per heavy atom. The van der Waals surface area contributed by atoms with E-state index >= 15 is 0 Å². The van der Waals surface area contributed by atoms with Crippen LogP contribution < -0.4 is 15.2 Å². The summed E-state index contributed by atoms with van der Waals surface area (Å²) in [6.45, 7) is 5.61. The smallest absolute Gasteiger partial charge is 0.201 e. The van der Waals surface area contributed by atoms with Crippen LogP contribution in [-0.4, -0.2) is 33.5 Å². The van der Waals surface area contributed by atoms with E-state index in [1.165, 1.54) is 19.3 Å². The number of aromatic nitrogens is 2. The predicted octanol–water partition coefficient (Wildman–Crippen LogP) is 8.00. The van der Waals surface area contributed by atoms with Gasteiger partial charge in [-0.25, -0.2) is 4.98 Å². The summed E-state index contributed by atoms with van der Waals surface area (Å²) in [6, 6.07) is 20.3. The van der Waals surface area contributed by atoms with E-state index in [2.05, 4.69) is 53.2 Å². The number of halogens is 1. The molecule has 3 aromatic carbocycles. The summed E-state index contributed by atoms with van der Waals surface area (Å²) in [7, 11) is 0. The molecular weight excluding hydrogens is 622 g/mol. The molecule has 0 amide bonds. The Balaban J connectivity index is 1.02. The van der Waals surface area contributed by atoms with Gasteiger partial charge in [-0.3, -0.25) is 9.88 Å². The van der Waals surface area contributed by atoms with Crippen molar-refractivity contribution in [1.82, 2.24) is 14.9 Å². The highest BCUT2D eigenvalue weighted by Crippen LogP contribution is 2.66. The molecular formula is C39H38ClN5O3. The summed E-state index contributed by atoms with van der Waals surface area (Å²) < 4.78 is 18.9. The van der Waals surface area contributed by atoms with E-state index in [4.69, 9.17) is 36.2 Å². The van der Waals surface area contributed by atoms with Crippen LogP contribution in [0.4, 0.5) is 0 Å². The highest BCUT2D eigenvalue weighted by atomic mass is 35.5. The number of nitrogens with two attached hydrogens (primary N) is 1. The Morgan fingerprint density at radius 3 is 2.56 bits per heavy atom. The lowest BCUT2D eigenvalue weighted by Gasteiger charge is -2.67. The first-order valence-electron chi connectivity index (χ1n) is 16.7. The molecule has 9 rings (SSSR count). The number of pyridine rings is 1. The SMILES string of the molecule is Cc1c(COc2cc(OCc3cncc(C#N)c3)c(CN3CCCCC3)cc2Cl)cccc1-c1ccc2oc(C34CC(N)(C3)C4)nc2c1. The number of piperidine rings is 1. The molecule has 0 atom stereocenters. The minimum absolute atomic E-state index is 0.00234. The van der Waals surface area contributed by atoms with Crippen molar-refractivity contribution in [3.05, 3.63) is 106 Å². The molecule has 2 bridgehead atoms. The van der Waals surface area contributed by atoms with E-state index in [1.54, 1.807) is 18.5 Å². The molecule has 0 unspecified atom stereocenters. The first-order valence-corrected chi connectivity index (χ1v) is 17.1. The van der Waals surface area contributed by atoms with Crippen LogP contribution in [0.3, 0.4) is 0 Å². The third-order valence-electron chi connectivity index (χ3n) is 10.3. The Labute approximate surface area is 285 Å². The topological polar surface area (TPSA) is 110 Å². The van der Waals surface area contributed by atoms with Crippen molar-refractivity contribution in [3.63, 3.8) is 0 Å². The van der Waals surface area contributed by atoms with E-state index in [-0.39, 0.29) is 17.6 Å². The molecule has 48 heavy (non-hydrogen) atoms. The average molecular weight is 660 g/mol. The van der Waals surface area contributed by atoms with E-state index in [1.807, 2.05) is 18.2 Å². The van der Waals surface area contributed by atoms with Crippen molar-refractivity contribution in [2.75, 3.05) is 13.1 Å². The van der Waals surface area contributed by atoms with E-state index in [9.17, 15) is 5.26 Å². The maximum Gasteiger partial charge on any atom is 0.201 e. The Hall–Kier alpha value is -4.42. The van der Waals surface area contributed by atoms with Crippen LogP contribution in [0.25, 0.3) is 22.2 Å². The third kappa shape index (κ3) is 5.81. The fourth-order valence-electron chi connectivity index (χ4n) is 7.81. The zero-order valence-electron chi connectivity index (χ0n) is 27.1. The molecule has 3 aliphatic carbocycles. The van der Waals surface area contributed by atoms with Gasteiger partial charge in [-0.2, -0.15) is 5.26 Å². The molecule has 2 N–H and O–H groups in total. The average Bonchev–Trinajstić information content (AvgIpc) is 3.50. The molecule has 8 nitrogen and oxygen atoms in total. The standard InChI is InChI=1S/C39H38ClN5O3/c1-25-29(6-5-7-31(25)28-8-9-34-33(14-28)44-37(48-34)38-22-39(42,23-38)24-38)21-47-36-15-35(46-20-27-12-26(16-41)17-43-18-27)30(13-32(36)40)19-45-10-3-2-4-11-45/h5-9,12-15,17-18H,2-4,10-11,19-24,42H2,1H3. The molecule has 1 saturated heterocycles. The van der Waals surface area contributed by atoms with Crippen LogP contribution in [0.5, 0.6) is 11.5 Å². The lowest BCUT2D eigenvalue weighted by molar-refractivity contribution is -0.0757. The molecule has 3 saturated carbocycles. The van der Waals surface area contributed by atoms with Crippen molar-refractivity contribution in [1.29, 1.82) is 5.26 Å². The molecule has 4 aliphatic rings. The van der Waals surface area contributed by atoms with Gasteiger partial charge in [-0.15, -0.1) is 0 Å². The van der Waals surface area contributed by atoms with Crippen molar-refractivity contribution in [2.45, 2.75) is 76.2 Å². The quantitative estimate of drug-likeness (QED) is 0.161. The normalized spacial score (nSPS) is 21.7. The Morgan fingerprint density at radius 1 is 0.958 bits per heavy atom. The number of fused-ring (bicyclic) bond motifs is 1. The second kappa shape index (κ2) is 12.2. The molecule has 244 valence electrons. The number of oxazole rings is 1. The first-order chi connectivity index (χ1) is 23.3. The fraction of sp³-hybridized carbons (Fsp3) is 0.359. The van der Waals surface area contributed by atoms with Crippen molar-refractivity contribution in [2.24, 2.45) is 5.73 Å². The van der Waals surface area contributed by atoms with Crippen molar-refractivity contribution in [3.8, 4) is 28.7 Å². The molecule has 9 heteroatoms. The van der Waals surface area contributed by atoms with Crippen LogP contribution in [0, 0.1) is 18.3 Å². The van der Waals surface area contributed by atoms with Crippen molar-refractivity contribution < 1.29 is 13.9 Å². The highest BCUT2D eigenvalue weighted by molar-refractivity contribution is 6.32. The second-order valence-corrected chi connectivity index (χ2v) is 14.4. The maximum absolute atomic E-state index is 9.31. The predicted molar refractivity (Wildman–Crippen MR) is 185 cm³/mol. The van der Waals surface area contributed by atoms with Crippen LogP contribution in [0.2, 0.25) is 5.02 Å². The van der Waals surface area contributed by atoms with Crippen LogP contribution in [0.1, 0.15) is 72.2 Å². The fourth-order valence-corrected chi connectivity index (χ4v) is 8.06. The van der Waals surface area contributed by atoms with Gasteiger partial charge in [0.15, 0.2) is 5.58 Å². The molecule has 4 fully saturated rings. The van der Waals surface area contributed by atoms with Crippen LogP contribution in [-0.2, 0) is 25.2 Å². The minimum atomic E-state index is 0.00234. The van der Waals surface area contributed by atoms with Gasteiger partial charge < -0.3 is 19.6 Å². The van der Waals surface area contributed by atoms with Gasteiger partial charge in [-0.05, 0) is 98.6 Å².